The fraction of sp³-hybridized carbons (Fsp3) is 0.385. The largest absolute Gasteiger partial charge is 0.357 e. The van der Waals surface area contributed by atoms with Crippen molar-refractivity contribution in [2.24, 2.45) is 5.92 Å². The predicted molar refractivity (Wildman–Crippen MR) is 118 cm³/mol. The summed E-state index contributed by atoms with van der Waals surface area (Å²) in [5.41, 5.74) is 7.50. The summed E-state index contributed by atoms with van der Waals surface area (Å²) in [7, 11) is 0. The molecule has 3 heterocycles. The summed E-state index contributed by atoms with van der Waals surface area (Å²) in [6.45, 7) is 2.98. The number of aromatic nitrogens is 2. The molecule has 4 nitrogen and oxygen atoms in total. The van der Waals surface area contributed by atoms with Crippen molar-refractivity contribution >= 4 is 5.91 Å². The van der Waals surface area contributed by atoms with Gasteiger partial charge in [0.1, 0.15) is 5.82 Å². The minimum Gasteiger partial charge on any atom is -0.357 e. The number of amides is 1. The van der Waals surface area contributed by atoms with Gasteiger partial charge in [0.2, 0.25) is 0 Å². The maximum absolute atomic E-state index is 14.4. The first-order valence-corrected chi connectivity index (χ1v) is 11.4. The van der Waals surface area contributed by atoms with Crippen LogP contribution in [0, 0.1) is 11.7 Å². The summed E-state index contributed by atoms with van der Waals surface area (Å²) in [5.74, 6) is 0.490. The van der Waals surface area contributed by atoms with Crippen molar-refractivity contribution in [3.63, 3.8) is 0 Å². The molecule has 1 fully saturated rings. The summed E-state index contributed by atoms with van der Waals surface area (Å²) in [6, 6.07) is 8.74. The molecule has 3 aromatic rings. The maximum Gasteiger partial charge on any atom is 0.253 e. The lowest BCUT2D eigenvalue weighted by molar-refractivity contribution is 0.0922. The van der Waals surface area contributed by atoms with E-state index in [4.69, 9.17) is 0 Å². The molecule has 2 unspecified atom stereocenters. The standard InChI is InChI=1S/C26H26FN3O/c1-2-15-9-10-26(12-15)14-29-25(31)22-18-8-7-16-13-28-21(17-5-3-4-6-20(17)27)11-19(16)23(18)30-24(22)26/h3-6,11,13,15,30H,2,7-10,12,14H2,1H3,(H,29,31). The Morgan fingerprint density at radius 2 is 2.10 bits per heavy atom. The molecule has 1 saturated carbocycles. The third-order valence-corrected chi connectivity index (χ3v) is 7.79. The molecule has 31 heavy (non-hydrogen) atoms. The van der Waals surface area contributed by atoms with Gasteiger partial charge in [-0.05, 0) is 67.3 Å². The van der Waals surface area contributed by atoms with Crippen molar-refractivity contribution in [2.45, 2.75) is 50.9 Å². The van der Waals surface area contributed by atoms with Crippen LogP contribution < -0.4 is 5.32 Å². The number of aromatic amines is 1. The average Bonchev–Trinajstić information content (AvgIpc) is 3.40. The van der Waals surface area contributed by atoms with Crippen LogP contribution in [-0.2, 0) is 18.3 Å². The molecule has 2 N–H and O–H groups in total. The van der Waals surface area contributed by atoms with Crippen molar-refractivity contribution < 1.29 is 9.18 Å². The second-order valence-corrected chi connectivity index (χ2v) is 9.42. The third kappa shape index (κ3) is 2.72. The Morgan fingerprint density at radius 1 is 1.23 bits per heavy atom. The number of benzene rings is 1. The highest BCUT2D eigenvalue weighted by Gasteiger charge is 2.47. The molecular weight excluding hydrogens is 389 g/mol. The van der Waals surface area contributed by atoms with E-state index in [-0.39, 0.29) is 17.1 Å². The van der Waals surface area contributed by atoms with E-state index in [1.807, 2.05) is 18.3 Å². The number of fused-ring (bicyclic) bond motifs is 6. The third-order valence-electron chi connectivity index (χ3n) is 7.79. The number of pyridine rings is 1. The number of H-pyrrole nitrogens is 1. The fourth-order valence-corrected chi connectivity index (χ4v) is 6.06. The number of carbonyl (C=O) groups is 1. The molecule has 3 aliphatic rings. The highest BCUT2D eigenvalue weighted by Crippen LogP contribution is 2.50. The molecule has 6 rings (SSSR count). The topological polar surface area (TPSA) is 57.8 Å². The Bertz CT molecular complexity index is 1210. The second-order valence-electron chi connectivity index (χ2n) is 9.42. The van der Waals surface area contributed by atoms with E-state index in [2.05, 4.69) is 22.2 Å². The number of aryl methyl sites for hydroxylation is 1. The number of rotatable bonds is 2. The van der Waals surface area contributed by atoms with Crippen molar-refractivity contribution in [3.8, 4) is 22.5 Å². The van der Waals surface area contributed by atoms with Crippen LogP contribution in [0.2, 0.25) is 0 Å². The van der Waals surface area contributed by atoms with Gasteiger partial charge in [-0.1, -0.05) is 25.5 Å². The van der Waals surface area contributed by atoms with E-state index < -0.39 is 0 Å². The van der Waals surface area contributed by atoms with Gasteiger partial charge in [-0.15, -0.1) is 0 Å². The lowest BCUT2D eigenvalue weighted by Crippen LogP contribution is -2.45. The van der Waals surface area contributed by atoms with E-state index in [1.165, 1.54) is 18.9 Å². The fourth-order valence-electron chi connectivity index (χ4n) is 6.06. The lowest BCUT2D eigenvalue weighted by Gasteiger charge is -2.34. The number of hydrogen-bond acceptors (Lipinski definition) is 2. The van der Waals surface area contributed by atoms with Gasteiger partial charge in [0, 0.05) is 35.0 Å². The Morgan fingerprint density at radius 3 is 2.90 bits per heavy atom. The summed E-state index contributed by atoms with van der Waals surface area (Å²) in [6.07, 6.45) is 8.18. The lowest BCUT2D eigenvalue weighted by atomic mass is 9.76. The van der Waals surface area contributed by atoms with E-state index in [1.54, 1.807) is 12.1 Å². The van der Waals surface area contributed by atoms with Gasteiger partial charge in [-0.25, -0.2) is 4.39 Å². The van der Waals surface area contributed by atoms with Gasteiger partial charge in [0.15, 0.2) is 0 Å². The van der Waals surface area contributed by atoms with E-state index >= 15 is 0 Å². The number of nitrogens with one attached hydrogen (secondary N) is 2. The first kappa shape index (κ1) is 18.8. The zero-order valence-electron chi connectivity index (χ0n) is 17.7. The minimum absolute atomic E-state index is 0.0167. The van der Waals surface area contributed by atoms with Crippen LogP contribution in [-0.4, -0.2) is 22.4 Å². The first-order chi connectivity index (χ1) is 15.1. The molecule has 0 saturated heterocycles. The zero-order chi connectivity index (χ0) is 21.2. The van der Waals surface area contributed by atoms with E-state index in [0.717, 1.165) is 65.9 Å². The maximum atomic E-state index is 14.4. The molecule has 0 bridgehead atoms. The molecule has 1 spiro atoms. The first-order valence-electron chi connectivity index (χ1n) is 11.4. The Hall–Kier alpha value is -2.95. The number of carbonyl (C=O) groups excluding carboxylic acids is 1. The molecule has 2 aliphatic carbocycles. The number of halogens is 1. The van der Waals surface area contributed by atoms with Gasteiger partial charge in [0.05, 0.1) is 17.0 Å². The zero-order valence-corrected chi connectivity index (χ0v) is 17.7. The normalized spacial score (nSPS) is 23.9. The predicted octanol–water partition coefficient (Wildman–Crippen LogP) is 5.17. The summed E-state index contributed by atoms with van der Waals surface area (Å²) in [5, 5.41) is 3.20. The summed E-state index contributed by atoms with van der Waals surface area (Å²) >= 11 is 0. The highest BCUT2D eigenvalue weighted by atomic mass is 19.1. The van der Waals surface area contributed by atoms with E-state index in [9.17, 15) is 9.18 Å². The second kappa shape index (κ2) is 6.78. The number of nitrogens with zero attached hydrogens (tertiary/aromatic N) is 1. The summed E-state index contributed by atoms with van der Waals surface area (Å²) in [4.78, 5) is 21.2. The molecular formula is C26H26FN3O. The van der Waals surface area contributed by atoms with Crippen LogP contribution in [0.5, 0.6) is 0 Å². The molecule has 2 aromatic heterocycles. The van der Waals surface area contributed by atoms with Gasteiger partial charge in [0.25, 0.3) is 5.91 Å². The van der Waals surface area contributed by atoms with Crippen LogP contribution in [0.4, 0.5) is 4.39 Å². The van der Waals surface area contributed by atoms with Crippen LogP contribution in [0.25, 0.3) is 22.5 Å². The van der Waals surface area contributed by atoms with Crippen molar-refractivity contribution in [2.75, 3.05) is 6.54 Å². The van der Waals surface area contributed by atoms with E-state index in [0.29, 0.717) is 17.2 Å². The van der Waals surface area contributed by atoms with Crippen molar-refractivity contribution in [1.82, 2.24) is 15.3 Å². The molecule has 1 aliphatic heterocycles. The van der Waals surface area contributed by atoms with Crippen LogP contribution in [0.1, 0.15) is 59.8 Å². The molecule has 5 heteroatoms. The minimum atomic E-state index is -0.272. The highest BCUT2D eigenvalue weighted by molar-refractivity contribution is 6.01. The Labute approximate surface area is 181 Å². The van der Waals surface area contributed by atoms with Crippen molar-refractivity contribution in [1.29, 1.82) is 0 Å². The smallest absolute Gasteiger partial charge is 0.253 e. The van der Waals surface area contributed by atoms with Gasteiger partial charge >= 0.3 is 0 Å². The monoisotopic (exact) mass is 415 g/mol. The van der Waals surface area contributed by atoms with Gasteiger partial charge in [-0.2, -0.15) is 0 Å². The van der Waals surface area contributed by atoms with Crippen LogP contribution in [0.3, 0.4) is 0 Å². The van der Waals surface area contributed by atoms with Crippen LogP contribution >= 0.6 is 0 Å². The average molecular weight is 416 g/mol. The molecule has 1 aromatic carbocycles. The Balaban J connectivity index is 1.51. The molecule has 1 amide bonds. The van der Waals surface area contributed by atoms with Gasteiger partial charge in [-0.3, -0.25) is 9.78 Å². The van der Waals surface area contributed by atoms with Gasteiger partial charge < -0.3 is 10.3 Å². The molecule has 0 radical (unpaired) electrons. The Kier molecular flexibility index (Phi) is 4.11. The summed E-state index contributed by atoms with van der Waals surface area (Å²) < 4.78 is 14.4. The number of hydrogen-bond donors (Lipinski definition) is 2. The quantitative estimate of drug-likeness (QED) is 0.606. The van der Waals surface area contributed by atoms with Crippen molar-refractivity contribution in [3.05, 3.63) is 64.7 Å². The SMILES string of the molecule is CCC1CCC2(CNC(=O)c3c2[nH]c2c3CCc3cnc(-c4ccccc4F)cc3-2)C1. The molecule has 2 atom stereocenters. The van der Waals surface area contributed by atoms with Crippen LogP contribution in [0.15, 0.2) is 36.5 Å². The molecule has 158 valence electrons.